The lowest BCUT2D eigenvalue weighted by Gasteiger charge is -2.42. The maximum absolute atomic E-state index is 14.6. The molecule has 2 aromatic carbocycles. The Balaban J connectivity index is 1.08. The number of nitrogens with one attached hydrogen (secondary N) is 4. The SMILES string of the molecule is CC(=O)N[C@H]1C(Oc2c(C)cc(C[C@@H](NC(=O)N3CCC(N4Cc5ccccc5NC4=O)CC3)C(=O)N[C@@H](CCCCN)C(=O)N3CCN(c4ccncc4)CC3)cc2Br)OC(CO)[C@@H](O)C1O. The number of hydrogen-bond donors (Lipinski definition) is 8. The summed E-state index contributed by atoms with van der Waals surface area (Å²) in [5.74, 6) is -1.01. The highest BCUT2D eigenvalue weighted by Gasteiger charge is 2.46. The Morgan fingerprint density at radius 1 is 0.956 bits per heavy atom. The number of likely N-dealkylation sites (tertiary alicyclic amines) is 1. The zero-order chi connectivity index (χ0) is 48.5. The second-order valence-corrected chi connectivity index (χ2v) is 18.6. The van der Waals surface area contributed by atoms with E-state index in [1.54, 1.807) is 46.1 Å². The first-order chi connectivity index (χ1) is 32.7. The number of rotatable bonds is 16. The largest absolute Gasteiger partial charge is 0.461 e. The molecular formula is C47H63BrN10O10. The van der Waals surface area contributed by atoms with Crippen LogP contribution in [0.5, 0.6) is 5.75 Å². The highest BCUT2D eigenvalue weighted by Crippen LogP contribution is 2.35. The van der Waals surface area contributed by atoms with E-state index in [1.165, 1.54) is 6.92 Å². The van der Waals surface area contributed by atoms with Crippen LogP contribution in [0.4, 0.5) is 21.0 Å². The monoisotopic (exact) mass is 1010 g/mol. The first kappa shape index (κ1) is 50.3. The molecule has 7 amide bonds. The Morgan fingerprint density at radius 2 is 1.68 bits per heavy atom. The van der Waals surface area contributed by atoms with Crippen molar-refractivity contribution in [1.29, 1.82) is 0 Å². The summed E-state index contributed by atoms with van der Waals surface area (Å²) in [7, 11) is 0. The van der Waals surface area contributed by atoms with Crippen molar-refractivity contribution in [2.24, 2.45) is 5.73 Å². The molecule has 7 rings (SSSR count). The molecule has 20 nitrogen and oxygen atoms in total. The van der Waals surface area contributed by atoms with Gasteiger partial charge in [-0.05, 0) is 102 Å². The van der Waals surface area contributed by atoms with Crippen LogP contribution in [0.1, 0.15) is 55.7 Å². The molecule has 9 N–H and O–H groups in total. The Labute approximate surface area is 404 Å². The van der Waals surface area contributed by atoms with Crippen LogP contribution in [0.25, 0.3) is 0 Å². The third-order valence-corrected chi connectivity index (χ3v) is 13.7. The van der Waals surface area contributed by atoms with Crippen molar-refractivity contribution < 1.29 is 48.8 Å². The van der Waals surface area contributed by atoms with E-state index in [9.17, 15) is 39.3 Å². The third-order valence-electron chi connectivity index (χ3n) is 13.1. The van der Waals surface area contributed by atoms with Crippen LogP contribution in [-0.2, 0) is 32.1 Å². The average Bonchev–Trinajstić information content (AvgIpc) is 3.34. The number of nitrogens with two attached hydrogens (primary N) is 1. The molecule has 0 aliphatic carbocycles. The number of anilines is 2. The first-order valence-corrected chi connectivity index (χ1v) is 24.0. The molecule has 5 heterocycles. The number of piperazine rings is 1. The molecule has 0 bridgehead atoms. The smallest absolute Gasteiger partial charge is 0.322 e. The van der Waals surface area contributed by atoms with Crippen LogP contribution in [0, 0.1) is 6.92 Å². The molecule has 3 fully saturated rings. The van der Waals surface area contributed by atoms with Gasteiger partial charge in [-0.1, -0.05) is 24.3 Å². The number of nitrogens with zero attached hydrogens (tertiary/aromatic N) is 5. The number of unbranched alkanes of at least 4 members (excludes halogenated alkanes) is 1. The number of fused-ring (bicyclic) bond motifs is 1. The number of amides is 7. The summed E-state index contributed by atoms with van der Waals surface area (Å²) in [6.45, 7) is 6.03. The van der Waals surface area contributed by atoms with E-state index >= 15 is 0 Å². The predicted octanol–water partition coefficient (Wildman–Crippen LogP) is 1.57. The normalized spacial score (nSPS) is 22.9. The summed E-state index contributed by atoms with van der Waals surface area (Å²) in [4.78, 5) is 79.7. The minimum absolute atomic E-state index is 0.00136. The van der Waals surface area contributed by atoms with Gasteiger partial charge in [-0.25, -0.2) is 9.59 Å². The average molecular weight is 1010 g/mol. The van der Waals surface area contributed by atoms with Gasteiger partial charge in [0.15, 0.2) is 0 Å². The zero-order valence-electron chi connectivity index (χ0n) is 38.4. The Hall–Kier alpha value is -5.58. The van der Waals surface area contributed by atoms with Crippen LogP contribution >= 0.6 is 15.9 Å². The molecule has 0 spiro atoms. The van der Waals surface area contributed by atoms with Gasteiger partial charge in [-0.3, -0.25) is 19.4 Å². The number of aromatic nitrogens is 1. The molecule has 0 radical (unpaired) electrons. The number of aliphatic hydroxyl groups is 3. The lowest BCUT2D eigenvalue weighted by Crippen LogP contribution is -2.65. The van der Waals surface area contributed by atoms with E-state index in [4.69, 9.17) is 15.2 Å². The van der Waals surface area contributed by atoms with Crippen LogP contribution in [-0.4, -0.2) is 166 Å². The van der Waals surface area contributed by atoms with Crippen molar-refractivity contribution in [2.45, 2.75) is 108 Å². The number of para-hydroxylation sites is 1. The van der Waals surface area contributed by atoms with E-state index in [-0.39, 0.29) is 30.2 Å². The molecule has 7 atom stereocenters. The molecule has 368 valence electrons. The summed E-state index contributed by atoms with van der Waals surface area (Å²) in [6.07, 6.45) is 0.571. The number of urea groups is 2. The molecule has 3 unspecified atom stereocenters. The van der Waals surface area contributed by atoms with Crippen LogP contribution in [0.3, 0.4) is 0 Å². The van der Waals surface area contributed by atoms with Gasteiger partial charge < -0.3 is 71.4 Å². The van der Waals surface area contributed by atoms with Crippen molar-refractivity contribution in [3.8, 4) is 5.75 Å². The van der Waals surface area contributed by atoms with Gasteiger partial charge >= 0.3 is 12.1 Å². The number of aryl methyl sites for hydroxylation is 1. The van der Waals surface area contributed by atoms with Gasteiger partial charge in [-0.15, -0.1) is 0 Å². The van der Waals surface area contributed by atoms with Crippen molar-refractivity contribution in [1.82, 2.24) is 35.6 Å². The van der Waals surface area contributed by atoms with Gasteiger partial charge in [-0.2, -0.15) is 0 Å². The van der Waals surface area contributed by atoms with Gasteiger partial charge in [0.2, 0.25) is 24.0 Å². The van der Waals surface area contributed by atoms with E-state index < -0.39 is 67.2 Å². The first-order valence-electron chi connectivity index (χ1n) is 23.2. The molecule has 68 heavy (non-hydrogen) atoms. The summed E-state index contributed by atoms with van der Waals surface area (Å²) < 4.78 is 12.4. The Bertz CT molecular complexity index is 2220. The fraction of sp³-hybridized carbons (Fsp3) is 0.532. The van der Waals surface area contributed by atoms with Crippen molar-refractivity contribution >= 4 is 57.1 Å². The highest BCUT2D eigenvalue weighted by molar-refractivity contribution is 9.10. The quantitative estimate of drug-likeness (QED) is 0.0950. The molecule has 3 saturated heterocycles. The fourth-order valence-corrected chi connectivity index (χ4v) is 10.0. The van der Waals surface area contributed by atoms with Crippen molar-refractivity contribution in [2.75, 3.05) is 62.6 Å². The number of pyridine rings is 1. The maximum Gasteiger partial charge on any atom is 0.322 e. The standard InChI is InChI=1S/C47H63BrN10O10/c1-28-23-30(24-34(48)42(28)68-45-39(51-29(2)60)41(62)40(61)38(27-59)67-45)25-37(54-46(65)57-17-12-33(13-18-57)58-26-31-7-3-4-8-35(31)53-47(58)66)43(63)52-36(9-5-6-14-49)44(64)56-21-19-55(20-22-56)32-10-15-50-16-11-32/h3-4,7-8,10-11,15-16,23-24,33,36-41,45,59,61-62H,5-6,9,12-14,17-22,25-27,49H2,1-2H3,(H,51,60)(H,52,63)(H,53,66)(H,54,65)/t36-,37+,38?,39+,40+,41?,45?/m0/s1. The summed E-state index contributed by atoms with van der Waals surface area (Å²) in [5.41, 5.74) is 9.83. The van der Waals surface area contributed by atoms with E-state index in [2.05, 4.69) is 47.1 Å². The summed E-state index contributed by atoms with van der Waals surface area (Å²) in [6, 6.07) is 11.0. The number of aliphatic hydroxyl groups excluding tert-OH is 3. The van der Waals surface area contributed by atoms with E-state index in [0.29, 0.717) is 100 Å². The summed E-state index contributed by atoms with van der Waals surface area (Å²) >= 11 is 3.58. The number of ether oxygens (including phenoxy) is 2. The zero-order valence-corrected chi connectivity index (χ0v) is 40.0. The second kappa shape index (κ2) is 23.1. The van der Waals surface area contributed by atoms with E-state index in [0.717, 1.165) is 16.9 Å². The lowest BCUT2D eigenvalue weighted by atomic mass is 9.97. The second-order valence-electron chi connectivity index (χ2n) is 17.8. The number of halogens is 1. The molecular weight excluding hydrogens is 944 g/mol. The molecule has 3 aromatic rings. The molecule has 21 heteroatoms. The molecule has 4 aliphatic rings. The predicted molar refractivity (Wildman–Crippen MR) is 254 cm³/mol. The molecule has 4 aliphatic heterocycles. The number of hydrogen-bond acceptors (Lipinski definition) is 13. The van der Waals surface area contributed by atoms with Crippen LogP contribution < -0.4 is 36.6 Å². The Kier molecular flexibility index (Phi) is 17.1. The number of piperidine rings is 1. The number of carbonyl (C=O) groups is 5. The lowest BCUT2D eigenvalue weighted by molar-refractivity contribution is -0.244. The van der Waals surface area contributed by atoms with Crippen LogP contribution in [0.2, 0.25) is 0 Å². The van der Waals surface area contributed by atoms with Crippen molar-refractivity contribution in [3.63, 3.8) is 0 Å². The summed E-state index contributed by atoms with van der Waals surface area (Å²) in [5, 5.41) is 42.8. The van der Waals surface area contributed by atoms with Gasteiger partial charge in [0.05, 0.1) is 11.1 Å². The molecule has 0 saturated carbocycles. The topological polar surface area (TPSA) is 264 Å². The van der Waals surface area contributed by atoms with Gasteiger partial charge in [0, 0.05) is 89.0 Å². The molecule has 1 aromatic heterocycles. The highest BCUT2D eigenvalue weighted by atomic mass is 79.9. The maximum atomic E-state index is 14.6. The van der Waals surface area contributed by atoms with Gasteiger partial charge in [0.1, 0.15) is 42.2 Å². The minimum atomic E-state index is -1.52. The Morgan fingerprint density at radius 3 is 2.35 bits per heavy atom. The minimum Gasteiger partial charge on any atom is -0.461 e. The van der Waals surface area contributed by atoms with Gasteiger partial charge in [0.25, 0.3) is 0 Å². The van der Waals surface area contributed by atoms with E-state index in [1.807, 2.05) is 36.4 Å². The third kappa shape index (κ3) is 12.2. The number of benzene rings is 2. The van der Waals surface area contributed by atoms with Crippen molar-refractivity contribution in [3.05, 3.63) is 82.1 Å². The fourth-order valence-electron chi connectivity index (χ4n) is 9.32. The number of carbonyl (C=O) groups excluding carboxylic acids is 5. The van der Waals surface area contributed by atoms with Crippen LogP contribution in [0.15, 0.2) is 65.4 Å².